The lowest BCUT2D eigenvalue weighted by Crippen LogP contribution is -2.10. The molecule has 0 radical (unpaired) electrons. The van der Waals surface area contributed by atoms with Crippen molar-refractivity contribution in [2.75, 3.05) is 9.80 Å². The molecular weight excluding hydrogens is 564 g/mol. The number of carbonyl (C=O) groups excluding carboxylic acids is 2. The Morgan fingerprint density at radius 2 is 0.565 bits per heavy atom. The Kier molecular flexibility index (Phi) is 8.62. The van der Waals surface area contributed by atoms with E-state index in [1.807, 2.05) is 48.5 Å². The number of rotatable bonds is 9. The van der Waals surface area contributed by atoms with Crippen LogP contribution in [0.1, 0.15) is 45.7 Å². The fourth-order valence-corrected chi connectivity index (χ4v) is 5.58. The molecule has 0 spiro atoms. The van der Waals surface area contributed by atoms with Crippen LogP contribution in [0.2, 0.25) is 0 Å². The zero-order chi connectivity index (χ0) is 32.2. The van der Waals surface area contributed by atoms with E-state index >= 15 is 0 Å². The van der Waals surface area contributed by atoms with Crippen LogP contribution >= 0.6 is 0 Å². The summed E-state index contributed by atoms with van der Waals surface area (Å²) in [5, 5.41) is 0. The Bertz CT molecular complexity index is 1810. The monoisotopic (exact) mass is 600 g/mol. The molecule has 0 aliphatic rings. The molecule has 6 rings (SSSR count). The smallest absolute Gasteiger partial charge is 0.159 e. The van der Waals surface area contributed by atoms with Gasteiger partial charge in [0.2, 0.25) is 0 Å². The van der Waals surface area contributed by atoms with Gasteiger partial charge in [0.05, 0.1) is 0 Å². The van der Waals surface area contributed by atoms with E-state index in [4.69, 9.17) is 0 Å². The molecule has 0 aromatic heterocycles. The van der Waals surface area contributed by atoms with E-state index in [1.165, 1.54) is 11.1 Å². The van der Waals surface area contributed by atoms with Crippen LogP contribution in [0.25, 0.3) is 11.1 Å². The Morgan fingerprint density at radius 3 is 0.804 bits per heavy atom. The predicted octanol–water partition coefficient (Wildman–Crippen LogP) is 11.3. The van der Waals surface area contributed by atoms with Gasteiger partial charge in [-0.1, -0.05) is 59.7 Å². The minimum absolute atomic E-state index is 0.0525. The van der Waals surface area contributed by atoms with Gasteiger partial charge in [-0.05, 0) is 136 Å². The van der Waals surface area contributed by atoms with Gasteiger partial charge >= 0.3 is 0 Å². The fraction of sp³-hybridized carbons (Fsp3) is 0.0952. The molecule has 4 nitrogen and oxygen atoms in total. The molecule has 0 amide bonds. The van der Waals surface area contributed by atoms with Crippen LogP contribution in [-0.2, 0) is 0 Å². The summed E-state index contributed by atoms with van der Waals surface area (Å²) in [6, 6.07) is 49.6. The molecule has 0 atom stereocenters. The molecule has 46 heavy (non-hydrogen) atoms. The molecule has 0 bridgehead atoms. The third-order valence-electron chi connectivity index (χ3n) is 8.23. The molecule has 0 saturated heterocycles. The maximum atomic E-state index is 11.9. The second-order valence-corrected chi connectivity index (χ2v) is 11.6. The summed E-state index contributed by atoms with van der Waals surface area (Å²) in [6.45, 7) is 7.34. The number of benzene rings is 6. The quantitative estimate of drug-likeness (QED) is 0.155. The fourth-order valence-electron chi connectivity index (χ4n) is 5.58. The van der Waals surface area contributed by atoms with E-state index in [1.54, 1.807) is 13.8 Å². The normalized spacial score (nSPS) is 10.8. The van der Waals surface area contributed by atoms with Crippen molar-refractivity contribution in [2.45, 2.75) is 27.7 Å². The average Bonchev–Trinajstić information content (AvgIpc) is 3.08. The highest BCUT2D eigenvalue weighted by Crippen LogP contribution is 2.38. The maximum Gasteiger partial charge on any atom is 0.159 e. The van der Waals surface area contributed by atoms with Gasteiger partial charge in [0.1, 0.15) is 0 Å². The predicted molar refractivity (Wildman–Crippen MR) is 191 cm³/mol. The lowest BCUT2D eigenvalue weighted by molar-refractivity contribution is 0.100. The second-order valence-electron chi connectivity index (χ2n) is 11.6. The highest BCUT2D eigenvalue weighted by molar-refractivity contribution is 5.95. The van der Waals surface area contributed by atoms with Gasteiger partial charge < -0.3 is 9.80 Å². The van der Waals surface area contributed by atoms with Crippen molar-refractivity contribution >= 4 is 45.7 Å². The van der Waals surface area contributed by atoms with Gasteiger partial charge in [-0.3, -0.25) is 9.59 Å². The maximum absolute atomic E-state index is 11.9. The van der Waals surface area contributed by atoms with E-state index in [0.29, 0.717) is 11.1 Å². The largest absolute Gasteiger partial charge is 0.311 e. The van der Waals surface area contributed by atoms with Gasteiger partial charge in [-0.2, -0.15) is 0 Å². The zero-order valence-corrected chi connectivity index (χ0v) is 26.6. The van der Waals surface area contributed by atoms with Crippen LogP contribution in [0.5, 0.6) is 0 Å². The molecule has 4 heteroatoms. The number of anilines is 6. The number of nitrogens with zero attached hydrogens (tertiary/aromatic N) is 2. The van der Waals surface area contributed by atoms with Crippen LogP contribution in [0.4, 0.5) is 34.1 Å². The number of carbonyl (C=O) groups is 2. The van der Waals surface area contributed by atoms with Crippen molar-refractivity contribution in [3.63, 3.8) is 0 Å². The zero-order valence-electron chi connectivity index (χ0n) is 26.6. The topological polar surface area (TPSA) is 40.6 Å². The molecule has 0 aliphatic heterocycles. The van der Waals surface area contributed by atoms with E-state index in [2.05, 4.69) is 121 Å². The average molecular weight is 601 g/mol. The molecule has 0 fully saturated rings. The number of aryl methyl sites for hydroxylation is 2. The van der Waals surface area contributed by atoms with Crippen molar-refractivity contribution in [1.82, 2.24) is 0 Å². The van der Waals surface area contributed by atoms with Gasteiger partial charge in [0.15, 0.2) is 11.6 Å². The van der Waals surface area contributed by atoms with Crippen LogP contribution in [0.3, 0.4) is 0 Å². The van der Waals surface area contributed by atoms with E-state index < -0.39 is 0 Å². The van der Waals surface area contributed by atoms with Crippen LogP contribution in [-0.4, -0.2) is 11.6 Å². The van der Waals surface area contributed by atoms with E-state index in [0.717, 1.165) is 45.3 Å². The first-order valence-corrected chi connectivity index (χ1v) is 15.4. The van der Waals surface area contributed by atoms with Gasteiger partial charge in [-0.25, -0.2) is 0 Å². The molecule has 6 aromatic rings. The summed E-state index contributed by atoms with van der Waals surface area (Å²) >= 11 is 0. The number of ketones is 2. The van der Waals surface area contributed by atoms with Crippen LogP contribution in [0.15, 0.2) is 146 Å². The number of hydrogen-bond acceptors (Lipinski definition) is 4. The third kappa shape index (κ3) is 6.52. The molecule has 6 aromatic carbocycles. The first-order chi connectivity index (χ1) is 22.3. The van der Waals surface area contributed by atoms with Gasteiger partial charge in [0, 0.05) is 45.3 Å². The van der Waals surface area contributed by atoms with E-state index in [-0.39, 0.29) is 11.6 Å². The molecular formula is C42H36N2O2. The van der Waals surface area contributed by atoms with Crippen molar-refractivity contribution in [2.24, 2.45) is 0 Å². The summed E-state index contributed by atoms with van der Waals surface area (Å²) < 4.78 is 0. The highest BCUT2D eigenvalue weighted by Gasteiger charge is 2.15. The number of Topliss-reactive ketones (excluding diaryl/α,β-unsaturated/α-hetero) is 2. The van der Waals surface area contributed by atoms with Crippen LogP contribution in [0, 0.1) is 13.8 Å². The van der Waals surface area contributed by atoms with E-state index in [9.17, 15) is 9.59 Å². The molecule has 0 N–H and O–H groups in total. The summed E-state index contributed by atoms with van der Waals surface area (Å²) in [4.78, 5) is 28.2. The summed E-state index contributed by atoms with van der Waals surface area (Å²) in [5.41, 5.74) is 12.1. The first-order valence-electron chi connectivity index (χ1n) is 15.4. The van der Waals surface area contributed by atoms with Gasteiger partial charge in [-0.15, -0.1) is 0 Å². The standard InChI is InChI=1S/C42H36N2O2/c1-29-5-17-37(18-6-29)43(39-21-9-33(10-22-39)31(3)45)41-25-13-35(14-26-41)36-15-27-42(28-16-36)44(38-19-7-30(2)8-20-38)40-23-11-34(12-24-40)32(4)46/h5-28H,1-4H3. The lowest BCUT2D eigenvalue weighted by Gasteiger charge is -2.26. The minimum Gasteiger partial charge on any atom is -0.311 e. The molecule has 0 unspecified atom stereocenters. The van der Waals surface area contributed by atoms with Crippen molar-refractivity contribution in [3.05, 3.63) is 168 Å². The van der Waals surface area contributed by atoms with Crippen LogP contribution < -0.4 is 9.80 Å². The molecule has 226 valence electrons. The van der Waals surface area contributed by atoms with Crippen molar-refractivity contribution in [3.8, 4) is 11.1 Å². The Labute approximate surface area is 271 Å². The second kappa shape index (κ2) is 13.1. The summed E-state index contributed by atoms with van der Waals surface area (Å²) in [7, 11) is 0. The molecule has 0 saturated carbocycles. The van der Waals surface area contributed by atoms with Crippen molar-refractivity contribution in [1.29, 1.82) is 0 Å². The molecule has 0 aliphatic carbocycles. The third-order valence-corrected chi connectivity index (χ3v) is 8.23. The van der Waals surface area contributed by atoms with Crippen molar-refractivity contribution < 1.29 is 9.59 Å². The number of hydrogen-bond donors (Lipinski definition) is 0. The van der Waals surface area contributed by atoms with Gasteiger partial charge in [0.25, 0.3) is 0 Å². The highest BCUT2D eigenvalue weighted by atomic mass is 16.1. The Balaban J connectivity index is 1.31. The summed E-state index contributed by atoms with van der Waals surface area (Å²) in [5.74, 6) is 0.105. The Hall–Kier alpha value is -5.74. The minimum atomic E-state index is 0.0525. The SMILES string of the molecule is CC(=O)c1ccc(N(c2ccc(C)cc2)c2ccc(-c3ccc(N(c4ccc(C)cc4)c4ccc(C(C)=O)cc4)cc3)cc2)cc1. The summed E-state index contributed by atoms with van der Waals surface area (Å²) in [6.07, 6.45) is 0. The lowest BCUT2D eigenvalue weighted by atomic mass is 10.0. The first kappa shape index (κ1) is 30.3. The Morgan fingerprint density at radius 1 is 0.348 bits per heavy atom. The molecule has 0 heterocycles.